The number of aliphatic hydroxyl groups excluding tert-OH is 1. The van der Waals surface area contributed by atoms with Crippen LogP contribution in [-0.2, 0) is 36.7 Å². The average Bonchev–Trinajstić information content (AvgIpc) is 3.54. The van der Waals surface area contributed by atoms with Gasteiger partial charge in [0, 0.05) is 49.1 Å². The van der Waals surface area contributed by atoms with E-state index in [1.54, 1.807) is 0 Å². The molecule has 3 nitrogen and oxygen atoms in total. The van der Waals surface area contributed by atoms with E-state index in [4.69, 9.17) is 4.98 Å². The molecular formula is C44H58IrNO2-. The van der Waals surface area contributed by atoms with Crippen molar-refractivity contribution in [2.45, 2.75) is 126 Å². The largest absolute Gasteiger partial charge is 0.512 e. The van der Waals surface area contributed by atoms with Crippen molar-refractivity contribution >= 4 is 27.5 Å². The van der Waals surface area contributed by atoms with Gasteiger partial charge in [-0.1, -0.05) is 115 Å². The van der Waals surface area contributed by atoms with Crippen LogP contribution < -0.4 is 0 Å². The zero-order valence-corrected chi connectivity index (χ0v) is 33.3. The molecule has 5 rings (SSSR count). The number of pyridine rings is 1. The third-order valence-electron chi connectivity index (χ3n) is 10.3. The topological polar surface area (TPSA) is 50.2 Å². The summed E-state index contributed by atoms with van der Waals surface area (Å²) < 4.78 is 0. The van der Waals surface area contributed by atoms with Crippen molar-refractivity contribution in [1.82, 2.24) is 4.98 Å². The Kier molecular flexibility index (Phi) is 14.6. The zero-order valence-electron chi connectivity index (χ0n) is 30.9. The van der Waals surface area contributed by atoms with Gasteiger partial charge in [0.15, 0.2) is 5.78 Å². The number of fused-ring (bicyclic) bond motifs is 2. The second-order valence-corrected chi connectivity index (χ2v) is 14.9. The maximum absolute atomic E-state index is 11.7. The first-order valence-electron chi connectivity index (χ1n) is 18.2. The van der Waals surface area contributed by atoms with Gasteiger partial charge in [0.25, 0.3) is 0 Å². The first kappa shape index (κ1) is 39.6. The molecule has 1 aliphatic carbocycles. The second kappa shape index (κ2) is 17.7. The number of ketones is 1. The smallest absolute Gasteiger partial charge is 0.162 e. The molecule has 4 aromatic rings. The van der Waals surface area contributed by atoms with Gasteiger partial charge in [-0.15, -0.1) is 29.1 Å². The van der Waals surface area contributed by atoms with Crippen LogP contribution in [0.25, 0.3) is 32.9 Å². The van der Waals surface area contributed by atoms with Crippen LogP contribution >= 0.6 is 0 Å². The summed E-state index contributed by atoms with van der Waals surface area (Å²) in [5.41, 5.74) is 8.82. The molecule has 1 heterocycles. The van der Waals surface area contributed by atoms with Gasteiger partial charge >= 0.3 is 0 Å². The molecule has 0 unspecified atom stereocenters. The molecule has 1 N–H and O–H groups in total. The Bertz CT molecular complexity index is 1700. The van der Waals surface area contributed by atoms with Crippen LogP contribution in [0.1, 0.15) is 122 Å². The summed E-state index contributed by atoms with van der Waals surface area (Å²) in [4.78, 5) is 16.9. The van der Waals surface area contributed by atoms with E-state index >= 15 is 0 Å². The van der Waals surface area contributed by atoms with Gasteiger partial charge < -0.3 is 5.11 Å². The molecule has 1 radical (unpaired) electrons. The first-order valence-corrected chi connectivity index (χ1v) is 18.2. The number of rotatable bonds is 10. The van der Waals surface area contributed by atoms with Gasteiger partial charge in [-0.05, 0) is 80.0 Å². The minimum absolute atomic E-state index is 0. The third-order valence-corrected chi connectivity index (χ3v) is 10.3. The molecular weight excluding hydrogens is 767 g/mol. The van der Waals surface area contributed by atoms with E-state index in [0.29, 0.717) is 0 Å². The van der Waals surface area contributed by atoms with E-state index in [1.807, 2.05) is 27.7 Å². The summed E-state index contributed by atoms with van der Waals surface area (Å²) in [6.45, 7) is 19.4. The Morgan fingerprint density at radius 2 is 1.56 bits per heavy atom. The fraction of sp³-hybridized carbons (Fsp3) is 0.500. The molecule has 0 atom stereocenters. The van der Waals surface area contributed by atoms with E-state index in [-0.39, 0.29) is 48.9 Å². The monoisotopic (exact) mass is 825 g/mol. The van der Waals surface area contributed by atoms with Crippen LogP contribution in [0.5, 0.6) is 0 Å². The van der Waals surface area contributed by atoms with E-state index in [1.165, 1.54) is 70.2 Å². The quantitative estimate of drug-likeness (QED) is 0.0984. The van der Waals surface area contributed by atoms with Gasteiger partial charge in [-0.25, -0.2) is 0 Å². The number of hydrogen-bond acceptors (Lipinski definition) is 3. The van der Waals surface area contributed by atoms with Crippen molar-refractivity contribution in [2.24, 2.45) is 17.8 Å². The fourth-order valence-corrected chi connectivity index (χ4v) is 7.44. The minimum atomic E-state index is 0. The molecule has 1 aliphatic rings. The molecule has 0 spiro atoms. The molecule has 0 amide bonds. The number of carbonyl (C=O) groups is 1. The molecule has 0 saturated heterocycles. The van der Waals surface area contributed by atoms with Gasteiger partial charge in [0.1, 0.15) is 0 Å². The molecule has 1 aromatic heterocycles. The van der Waals surface area contributed by atoms with Crippen molar-refractivity contribution < 1.29 is 30.0 Å². The fourth-order valence-electron chi connectivity index (χ4n) is 7.44. The maximum Gasteiger partial charge on any atom is 0.162 e. The Labute approximate surface area is 304 Å². The van der Waals surface area contributed by atoms with Crippen LogP contribution in [0.2, 0.25) is 0 Å². The number of benzene rings is 3. The van der Waals surface area contributed by atoms with Gasteiger partial charge in [-0.2, -0.15) is 0 Å². The van der Waals surface area contributed by atoms with Crippen molar-refractivity contribution in [1.29, 1.82) is 0 Å². The van der Waals surface area contributed by atoms with Gasteiger partial charge in [0.2, 0.25) is 0 Å². The molecule has 0 bridgehead atoms. The number of hydrogen-bond donors (Lipinski definition) is 1. The van der Waals surface area contributed by atoms with E-state index in [2.05, 4.69) is 89.2 Å². The standard InChI is InChI=1S/C31H34N.C13H24O2.Ir/c1-20-14-21(2)30-25(16-22-10-6-7-11-22)19-28(32-29(30)15-20)24-17-23-12-8-9-13-26(23)27(18-24)31(3,4)5;1-5-10(6-2)12(14)9-13(15)11(7-3)8-4;/h8-9,12-15,18-19,22H,6-7,10-11,16H2,1-5H3;9-11,14H,5-8H2,1-4H3;/q-1;;/b;12-9-;. The van der Waals surface area contributed by atoms with Crippen molar-refractivity contribution in [3.05, 3.63) is 88.7 Å². The normalized spacial score (nSPS) is 14.0. The van der Waals surface area contributed by atoms with Crippen LogP contribution in [0.4, 0.5) is 0 Å². The van der Waals surface area contributed by atoms with Crippen LogP contribution in [0, 0.1) is 37.7 Å². The summed E-state index contributed by atoms with van der Waals surface area (Å²) in [6.07, 6.45) is 11.6. The van der Waals surface area contributed by atoms with Crippen LogP contribution in [-0.4, -0.2) is 15.9 Å². The molecule has 0 aliphatic heterocycles. The van der Waals surface area contributed by atoms with E-state index < -0.39 is 0 Å². The summed E-state index contributed by atoms with van der Waals surface area (Å²) in [5, 5.41) is 13.6. The van der Waals surface area contributed by atoms with Gasteiger partial charge in [0.05, 0.1) is 11.3 Å². The predicted molar refractivity (Wildman–Crippen MR) is 201 cm³/mol. The average molecular weight is 825 g/mol. The Hall–Kier alpha value is -2.81. The number of aryl methyl sites for hydroxylation is 2. The van der Waals surface area contributed by atoms with Crippen molar-refractivity contribution in [2.75, 3.05) is 0 Å². The number of carbonyl (C=O) groups excluding carboxylic acids is 1. The summed E-state index contributed by atoms with van der Waals surface area (Å²) in [6, 6.07) is 21.6. The third kappa shape index (κ3) is 9.66. The van der Waals surface area contributed by atoms with Crippen LogP contribution in [0.3, 0.4) is 0 Å². The first-order chi connectivity index (χ1) is 22.4. The van der Waals surface area contributed by atoms with E-state index in [9.17, 15) is 9.90 Å². The van der Waals surface area contributed by atoms with Crippen LogP contribution in [0.15, 0.2) is 60.4 Å². The van der Waals surface area contributed by atoms with Crippen molar-refractivity contribution in [3.8, 4) is 11.3 Å². The molecule has 4 heteroatoms. The number of aliphatic hydroxyl groups is 1. The molecule has 261 valence electrons. The molecule has 1 fully saturated rings. The maximum atomic E-state index is 11.7. The number of allylic oxidation sites excluding steroid dienone is 2. The zero-order chi connectivity index (χ0) is 34.3. The number of aromatic nitrogens is 1. The van der Waals surface area contributed by atoms with Gasteiger partial charge in [-0.3, -0.25) is 9.78 Å². The summed E-state index contributed by atoms with van der Waals surface area (Å²) in [5.74, 6) is 1.35. The summed E-state index contributed by atoms with van der Waals surface area (Å²) >= 11 is 0. The minimum Gasteiger partial charge on any atom is -0.512 e. The Balaban J connectivity index is 0.000000334. The van der Waals surface area contributed by atoms with Crippen molar-refractivity contribution in [3.63, 3.8) is 0 Å². The molecule has 1 saturated carbocycles. The molecule has 3 aromatic carbocycles. The Morgan fingerprint density at radius 1 is 0.938 bits per heavy atom. The molecule has 48 heavy (non-hydrogen) atoms. The van der Waals surface area contributed by atoms with E-state index in [0.717, 1.165) is 54.8 Å². The summed E-state index contributed by atoms with van der Waals surface area (Å²) in [7, 11) is 0. The SMILES string of the molecule is CCC(CC)C(=O)/C=C(\O)C(CC)CC.Cc1cc(C)c2c(CC3CCCC3)cc(-c3[c-]c4ccccc4c(C(C)(C)C)c3)nc2c1.[Ir]. The Morgan fingerprint density at radius 3 is 2.17 bits per heavy atom. The second-order valence-electron chi connectivity index (χ2n) is 14.9. The predicted octanol–water partition coefficient (Wildman–Crippen LogP) is 12.4. The number of nitrogens with zero attached hydrogens (tertiary/aromatic N) is 1.